The third-order valence-corrected chi connectivity index (χ3v) is 2.87. The fourth-order valence-corrected chi connectivity index (χ4v) is 1.92. The van der Waals surface area contributed by atoms with Crippen LogP contribution in [0.25, 0.3) is 11.0 Å². The Labute approximate surface area is 109 Å². The topological polar surface area (TPSA) is 106 Å². The zero-order valence-corrected chi connectivity index (χ0v) is 10.6. The Morgan fingerprint density at radius 2 is 2.21 bits per heavy atom. The molecule has 7 nitrogen and oxygen atoms in total. The Balaban J connectivity index is 1.94. The van der Waals surface area contributed by atoms with Gasteiger partial charge in [0.1, 0.15) is 17.3 Å². The van der Waals surface area contributed by atoms with E-state index in [2.05, 4.69) is 25.5 Å². The van der Waals surface area contributed by atoms with Crippen molar-refractivity contribution in [3.8, 4) is 0 Å². The van der Waals surface area contributed by atoms with Crippen molar-refractivity contribution in [3.05, 3.63) is 29.9 Å². The van der Waals surface area contributed by atoms with Crippen LogP contribution in [0.3, 0.4) is 0 Å². The van der Waals surface area contributed by atoms with Crippen LogP contribution in [0.1, 0.15) is 24.5 Å². The van der Waals surface area contributed by atoms with E-state index >= 15 is 0 Å². The van der Waals surface area contributed by atoms with Gasteiger partial charge in [-0.1, -0.05) is 0 Å². The first-order valence-electron chi connectivity index (χ1n) is 5.93. The highest BCUT2D eigenvalue weighted by Gasteiger charge is 2.14. The van der Waals surface area contributed by atoms with Gasteiger partial charge in [-0.25, -0.2) is 0 Å². The van der Waals surface area contributed by atoms with Crippen LogP contribution in [-0.4, -0.2) is 20.2 Å². The molecule has 0 radical (unpaired) electrons. The standard InChI is InChI=1S/C12H14N6O/c1-6-3-4-9(19-6)7(2)15-10-8-5-14-18-11(8)17-12(13)16-10/h3-5,7H,1-2H3,(H4,13,14,15,16,17,18). The number of nitrogens with zero attached hydrogens (tertiary/aromatic N) is 3. The number of aryl methyl sites for hydroxylation is 1. The molecule has 1 unspecified atom stereocenters. The summed E-state index contributed by atoms with van der Waals surface area (Å²) in [5, 5.41) is 10.8. The van der Waals surface area contributed by atoms with E-state index in [0.29, 0.717) is 11.5 Å². The molecule has 0 saturated heterocycles. The van der Waals surface area contributed by atoms with Gasteiger partial charge in [-0.2, -0.15) is 15.1 Å². The van der Waals surface area contributed by atoms with Gasteiger partial charge in [0.2, 0.25) is 5.95 Å². The minimum absolute atomic E-state index is 0.0268. The van der Waals surface area contributed by atoms with E-state index in [1.807, 2.05) is 26.0 Å². The second-order valence-corrected chi connectivity index (χ2v) is 4.38. The molecule has 7 heteroatoms. The zero-order chi connectivity index (χ0) is 13.4. The minimum atomic E-state index is -0.0268. The smallest absolute Gasteiger partial charge is 0.224 e. The van der Waals surface area contributed by atoms with Crippen LogP contribution in [0.15, 0.2) is 22.7 Å². The first-order chi connectivity index (χ1) is 9.13. The number of aromatic nitrogens is 4. The SMILES string of the molecule is Cc1ccc(C(C)Nc2nc(N)nc3[nH]ncc23)o1. The van der Waals surface area contributed by atoms with Crippen molar-refractivity contribution < 1.29 is 4.42 Å². The number of furan rings is 1. The van der Waals surface area contributed by atoms with Gasteiger partial charge in [-0.05, 0) is 26.0 Å². The summed E-state index contributed by atoms with van der Waals surface area (Å²) in [6.45, 7) is 3.90. The molecule has 3 rings (SSSR count). The first kappa shape index (κ1) is 11.5. The normalized spacial score (nSPS) is 12.7. The number of nitrogen functional groups attached to an aromatic ring is 1. The molecule has 0 aliphatic heterocycles. The Morgan fingerprint density at radius 3 is 2.95 bits per heavy atom. The summed E-state index contributed by atoms with van der Waals surface area (Å²) in [6, 6.07) is 3.83. The average molecular weight is 258 g/mol. The molecule has 3 aromatic heterocycles. The van der Waals surface area contributed by atoms with Crippen LogP contribution in [0, 0.1) is 6.92 Å². The molecule has 1 atom stereocenters. The van der Waals surface area contributed by atoms with Gasteiger partial charge in [-0.3, -0.25) is 5.10 Å². The van der Waals surface area contributed by atoms with Gasteiger partial charge < -0.3 is 15.5 Å². The van der Waals surface area contributed by atoms with E-state index in [0.717, 1.165) is 16.9 Å². The van der Waals surface area contributed by atoms with E-state index in [9.17, 15) is 0 Å². The number of aromatic amines is 1. The molecule has 4 N–H and O–H groups in total. The van der Waals surface area contributed by atoms with Gasteiger partial charge >= 0.3 is 0 Å². The summed E-state index contributed by atoms with van der Waals surface area (Å²) in [5.41, 5.74) is 6.28. The molecule has 98 valence electrons. The number of hydrogen-bond acceptors (Lipinski definition) is 6. The first-order valence-corrected chi connectivity index (χ1v) is 5.93. The molecular formula is C12H14N6O. The van der Waals surface area contributed by atoms with Crippen molar-refractivity contribution in [2.45, 2.75) is 19.9 Å². The quantitative estimate of drug-likeness (QED) is 0.663. The van der Waals surface area contributed by atoms with Gasteiger partial charge in [-0.15, -0.1) is 0 Å². The predicted molar refractivity (Wildman–Crippen MR) is 71.6 cm³/mol. The lowest BCUT2D eigenvalue weighted by Gasteiger charge is -2.12. The number of nitrogens with one attached hydrogen (secondary N) is 2. The molecule has 0 fully saturated rings. The molecule has 0 aliphatic rings. The van der Waals surface area contributed by atoms with E-state index < -0.39 is 0 Å². The van der Waals surface area contributed by atoms with Crippen molar-refractivity contribution >= 4 is 22.8 Å². The van der Waals surface area contributed by atoms with Gasteiger partial charge in [0.15, 0.2) is 5.65 Å². The molecule has 19 heavy (non-hydrogen) atoms. The van der Waals surface area contributed by atoms with E-state index in [1.165, 1.54) is 0 Å². The molecule has 0 aliphatic carbocycles. The summed E-state index contributed by atoms with van der Waals surface area (Å²) in [4.78, 5) is 8.27. The minimum Gasteiger partial charge on any atom is -0.464 e. The van der Waals surface area contributed by atoms with Crippen LogP contribution in [0.4, 0.5) is 11.8 Å². The summed E-state index contributed by atoms with van der Waals surface area (Å²) in [7, 11) is 0. The molecule has 0 bridgehead atoms. The number of rotatable bonds is 3. The third-order valence-electron chi connectivity index (χ3n) is 2.87. The van der Waals surface area contributed by atoms with E-state index in [4.69, 9.17) is 10.2 Å². The lowest BCUT2D eigenvalue weighted by Crippen LogP contribution is -2.09. The lowest BCUT2D eigenvalue weighted by molar-refractivity contribution is 0.466. The molecule has 0 spiro atoms. The fraction of sp³-hybridized carbons (Fsp3) is 0.250. The summed E-state index contributed by atoms with van der Waals surface area (Å²) in [5.74, 6) is 2.55. The number of fused-ring (bicyclic) bond motifs is 1. The Hall–Kier alpha value is -2.57. The maximum atomic E-state index is 5.67. The number of nitrogens with two attached hydrogens (primary N) is 1. The van der Waals surface area contributed by atoms with Crippen molar-refractivity contribution in [2.24, 2.45) is 0 Å². The van der Waals surface area contributed by atoms with Gasteiger partial charge in [0, 0.05) is 0 Å². The van der Waals surface area contributed by atoms with E-state index in [-0.39, 0.29) is 12.0 Å². The second kappa shape index (κ2) is 4.27. The highest BCUT2D eigenvalue weighted by atomic mass is 16.3. The molecule has 0 amide bonds. The van der Waals surface area contributed by atoms with Gasteiger partial charge in [0.05, 0.1) is 17.6 Å². The van der Waals surface area contributed by atoms with Crippen LogP contribution in [0.2, 0.25) is 0 Å². The van der Waals surface area contributed by atoms with Crippen molar-refractivity contribution in [3.63, 3.8) is 0 Å². The highest BCUT2D eigenvalue weighted by Crippen LogP contribution is 2.24. The van der Waals surface area contributed by atoms with E-state index in [1.54, 1.807) is 6.20 Å². The van der Waals surface area contributed by atoms with Crippen LogP contribution < -0.4 is 11.1 Å². The maximum Gasteiger partial charge on any atom is 0.224 e. The van der Waals surface area contributed by atoms with Crippen LogP contribution in [0.5, 0.6) is 0 Å². The van der Waals surface area contributed by atoms with Crippen molar-refractivity contribution in [2.75, 3.05) is 11.1 Å². The summed E-state index contributed by atoms with van der Waals surface area (Å²) >= 11 is 0. The lowest BCUT2D eigenvalue weighted by atomic mass is 10.2. The summed E-state index contributed by atoms with van der Waals surface area (Å²) < 4.78 is 5.58. The molecular weight excluding hydrogens is 244 g/mol. The number of hydrogen-bond donors (Lipinski definition) is 3. The zero-order valence-electron chi connectivity index (χ0n) is 10.6. The fourth-order valence-electron chi connectivity index (χ4n) is 1.92. The van der Waals surface area contributed by atoms with Gasteiger partial charge in [0.25, 0.3) is 0 Å². The maximum absolute atomic E-state index is 5.67. The molecule has 3 aromatic rings. The average Bonchev–Trinajstić information content (AvgIpc) is 2.97. The number of H-pyrrole nitrogens is 1. The second-order valence-electron chi connectivity index (χ2n) is 4.38. The largest absolute Gasteiger partial charge is 0.464 e. The van der Waals surface area contributed by atoms with Crippen LogP contribution in [-0.2, 0) is 0 Å². The molecule has 3 heterocycles. The molecule has 0 aromatic carbocycles. The predicted octanol–water partition coefficient (Wildman–Crippen LogP) is 2.01. The highest BCUT2D eigenvalue weighted by molar-refractivity contribution is 5.86. The summed E-state index contributed by atoms with van der Waals surface area (Å²) in [6.07, 6.45) is 1.66. The Bertz CT molecular complexity index is 716. The third kappa shape index (κ3) is 2.10. The Morgan fingerprint density at radius 1 is 1.37 bits per heavy atom. The Kier molecular flexibility index (Phi) is 2.59. The monoisotopic (exact) mass is 258 g/mol. The van der Waals surface area contributed by atoms with Crippen molar-refractivity contribution in [1.82, 2.24) is 20.2 Å². The molecule has 0 saturated carbocycles. The van der Waals surface area contributed by atoms with Crippen LogP contribution >= 0.6 is 0 Å². The van der Waals surface area contributed by atoms with Crippen molar-refractivity contribution in [1.29, 1.82) is 0 Å². The number of anilines is 2.